The molecule has 4 rings (SSSR count). The lowest BCUT2D eigenvalue weighted by Crippen LogP contribution is -2.24. The van der Waals surface area contributed by atoms with Gasteiger partial charge in [0.1, 0.15) is 5.01 Å². The summed E-state index contributed by atoms with van der Waals surface area (Å²) >= 11 is 1.74. The molecule has 1 heterocycles. The van der Waals surface area contributed by atoms with Gasteiger partial charge in [-0.15, -0.1) is 11.3 Å². The van der Waals surface area contributed by atoms with E-state index in [1.165, 1.54) is 16.1 Å². The number of aromatic nitrogens is 1. The van der Waals surface area contributed by atoms with E-state index in [-0.39, 0.29) is 11.5 Å². The Bertz CT molecular complexity index is 688. The molecule has 0 amide bonds. The second-order valence-corrected chi connectivity index (χ2v) is 8.28. The van der Waals surface area contributed by atoms with Crippen LogP contribution in [0.15, 0.2) is 24.3 Å². The van der Waals surface area contributed by atoms with Crippen molar-refractivity contribution in [2.24, 2.45) is 5.41 Å². The summed E-state index contributed by atoms with van der Waals surface area (Å²) < 4.78 is 0. The lowest BCUT2D eigenvalue weighted by atomic mass is 9.77. The first-order valence-electron chi connectivity index (χ1n) is 7.79. The van der Waals surface area contributed by atoms with E-state index >= 15 is 0 Å². The third kappa shape index (κ3) is 2.23. The van der Waals surface area contributed by atoms with E-state index in [1.54, 1.807) is 11.3 Å². The zero-order chi connectivity index (χ0) is 14.6. The van der Waals surface area contributed by atoms with E-state index < -0.39 is 0 Å². The molecule has 1 N–H and O–H groups in total. The van der Waals surface area contributed by atoms with Gasteiger partial charge in [-0.25, -0.2) is 4.98 Å². The minimum absolute atomic E-state index is 0.158. The van der Waals surface area contributed by atoms with E-state index in [2.05, 4.69) is 38.1 Å². The van der Waals surface area contributed by atoms with Crippen LogP contribution in [0.3, 0.4) is 0 Å². The SMILES string of the molecule is CC1(C)Cc2nc(C3CCc4ccccc43)sc2C(O)C1. The van der Waals surface area contributed by atoms with Crippen LogP contribution in [0.25, 0.3) is 0 Å². The Balaban J connectivity index is 1.73. The van der Waals surface area contributed by atoms with Crippen LogP contribution in [-0.2, 0) is 12.8 Å². The number of aliphatic hydroxyl groups is 1. The van der Waals surface area contributed by atoms with Gasteiger partial charge in [0, 0.05) is 5.92 Å². The van der Waals surface area contributed by atoms with Crippen LogP contribution < -0.4 is 0 Å². The zero-order valence-electron chi connectivity index (χ0n) is 12.6. The first-order valence-corrected chi connectivity index (χ1v) is 8.60. The lowest BCUT2D eigenvalue weighted by molar-refractivity contribution is 0.102. The minimum Gasteiger partial charge on any atom is -0.387 e. The maximum absolute atomic E-state index is 10.4. The molecule has 1 aromatic heterocycles. The van der Waals surface area contributed by atoms with Gasteiger partial charge in [0.2, 0.25) is 0 Å². The second-order valence-electron chi connectivity index (χ2n) is 7.21. The molecule has 2 aliphatic carbocycles. The third-order valence-electron chi connectivity index (χ3n) is 4.87. The number of hydrogen-bond acceptors (Lipinski definition) is 3. The molecular formula is C18H21NOS. The molecule has 1 aromatic carbocycles. The Kier molecular flexibility index (Phi) is 2.98. The predicted molar refractivity (Wildman–Crippen MR) is 85.8 cm³/mol. The first kappa shape index (κ1) is 13.5. The Morgan fingerprint density at radius 3 is 2.95 bits per heavy atom. The Labute approximate surface area is 129 Å². The normalized spacial score (nSPS) is 26.4. The molecule has 2 aromatic rings. The largest absolute Gasteiger partial charge is 0.387 e. The highest BCUT2D eigenvalue weighted by molar-refractivity contribution is 7.12. The maximum atomic E-state index is 10.4. The molecule has 2 nitrogen and oxygen atoms in total. The van der Waals surface area contributed by atoms with Crippen molar-refractivity contribution in [1.29, 1.82) is 0 Å². The van der Waals surface area contributed by atoms with Crippen LogP contribution in [0.2, 0.25) is 0 Å². The van der Waals surface area contributed by atoms with Gasteiger partial charge in [0.25, 0.3) is 0 Å². The van der Waals surface area contributed by atoms with Crippen molar-refractivity contribution in [2.45, 2.75) is 51.6 Å². The molecule has 0 radical (unpaired) electrons. The van der Waals surface area contributed by atoms with Crippen molar-refractivity contribution in [3.8, 4) is 0 Å². The lowest BCUT2D eigenvalue weighted by Gasteiger charge is -2.31. The van der Waals surface area contributed by atoms with E-state index in [0.717, 1.165) is 36.3 Å². The van der Waals surface area contributed by atoms with Crippen molar-refractivity contribution in [3.05, 3.63) is 51.0 Å². The molecule has 2 unspecified atom stereocenters. The highest BCUT2D eigenvalue weighted by Crippen LogP contribution is 2.46. The number of aryl methyl sites for hydroxylation is 1. The van der Waals surface area contributed by atoms with Crippen LogP contribution in [0.4, 0.5) is 0 Å². The molecule has 0 saturated carbocycles. The van der Waals surface area contributed by atoms with Gasteiger partial charge >= 0.3 is 0 Å². The average Bonchev–Trinajstić information content (AvgIpc) is 3.00. The summed E-state index contributed by atoms with van der Waals surface area (Å²) in [7, 11) is 0. The summed E-state index contributed by atoms with van der Waals surface area (Å²) in [4.78, 5) is 6.06. The van der Waals surface area contributed by atoms with E-state index in [4.69, 9.17) is 4.98 Å². The summed E-state index contributed by atoms with van der Waals surface area (Å²) in [5.41, 5.74) is 4.21. The topological polar surface area (TPSA) is 33.1 Å². The fraction of sp³-hybridized carbons (Fsp3) is 0.500. The van der Waals surface area contributed by atoms with E-state index in [0.29, 0.717) is 5.92 Å². The molecular weight excluding hydrogens is 278 g/mol. The summed E-state index contributed by atoms with van der Waals surface area (Å²) in [5, 5.41) is 11.6. The van der Waals surface area contributed by atoms with Crippen LogP contribution in [0, 0.1) is 5.41 Å². The van der Waals surface area contributed by atoms with E-state index in [9.17, 15) is 5.11 Å². The van der Waals surface area contributed by atoms with Crippen LogP contribution >= 0.6 is 11.3 Å². The fourth-order valence-corrected chi connectivity index (χ4v) is 5.10. The zero-order valence-corrected chi connectivity index (χ0v) is 13.4. The van der Waals surface area contributed by atoms with Crippen molar-refractivity contribution in [3.63, 3.8) is 0 Å². The summed E-state index contributed by atoms with van der Waals surface area (Å²) in [6.45, 7) is 4.45. The highest BCUT2D eigenvalue weighted by atomic mass is 32.1. The average molecular weight is 299 g/mol. The molecule has 3 heteroatoms. The van der Waals surface area contributed by atoms with Gasteiger partial charge in [-0.05, 0) is 42.2 Å². The number of aliphatic hydroxyl groups excluding tert-OH is 1. The summed E-state index contributed by atoms with van der Waals surface area (Å²) in [6, 6.07) is 8.73. The second kappa shape index (κ2) is 4.65. The molecule has 0 bridgehead atoms. The Morgan fingerprint density at radius 1 is 1.29 bits per heavy atom. The standard InChI is InChI=1S/C18H21NOS/c1-18(2)9-14-16(15(20)10-18)21-17(19-14)13-8-7-11-5-3-4-6-12(11)13/h3-6,13,15,20H,7-10H2,1-2H3. The van der Waals surface area contributed by atoms with Crippen LogP contribution in [-0.4, -0.2) is 10.1 Å². The van der Waals surface area contributed by atoms with Gasteiger partial charge in [-0.2, -0.15) is 0 Å². The number of rotatable bonds is 1. The summed E-state index contributed by atoms with van der Waals surface area (Å²) in [5.74, 6) is 0.437. The van der Waals surface area contributed by atoms with Crippen LogP contribution in [0.1, 0.15) is 65.4 Å². The minimum atomic E-state index is -0.327. The molecule has 0 saturated heterocycles. The third-order valence-corrected chi connectivity index (χ3v) is 6.18. The Hall–Kier alpha value is -1.19. The maximum Gasteiger partial charge on any atom is 0.101 e. The molecule has 0 fully saturated rings. The monoisotopic (exact) mass is 299 g/mol. The predicted octanol–water partition coefficient (Wildman–Crippen LogP) is 4.23. The van der Waals surface area contributed by atoms with Gasteiger partial charge in [-0.1, -0.05) is 38.1 Å². The molecule has 0 aliphatic heterocycles. The van der Waals surface area contributed by atoms with E-state index in [1.807, 2.05) is 0 Å². The van der Waals surface area contributed by atoms with Crippen molar-refractivity contribution < 1.29 is 5.11 Å². The summed E-state index contributed by atoms with van der Waals surface area (Å²) in [6.07, 6.45) is 3.82. The first-order chi connectivity index (χ1) is 10.0. The number of hydrogen-bond donors (Lipinski definition) is 1. The van der Waals surface area contributed by atoms with Crippen molar-refractivity contribution in [2.75, 3.05) is 0 Å². The van der Waals surface area contributed by atoms with Gasteiger partial charge in [0.05, 0.1) is 16.7 Å². The molecule has 0 spiro atoms. The number of benzene rings is 1. The highest BCUT2D eigenvalue weighted by Gasteiger charge is 2.36. The fourth-order valence-electron chi connectivity index (χ4n) is 3.87. The van der Waals surface area contributed by atoms with Gasteiger partial charge in [-0.3, -0.25) is 0 Å². The number of fused-ring (bicyclic) bond motifs is 2. The molecule has 21 heavy (non-hydrogen) atoms. The Morgan fingerprint density at radius 2 is 2.10 bits per heavy atom. The number of thiazole rings is 1. The van der Waals surface area contributed by atoms with Gasteiger partial charge < -0.3 is 5.11 Å². The van der Waals surface area contributed by atoms with Gasteiger partial charge in [0.15, 0.2) is 0 Å². The molecule has 110 valence electrons. The smallest absolute Gasteiger partial charge is 0.101 e. The quantitative estimate of drug-likeness (QED) is 0.855. The van der Waals surface area contributed by atoms with Crippen LogP contribution in [0.5, 0.6) is 0 Å². The van der Waals surface area contributed by atoms with Crippen molar-refractivity contribution in [1.82, 2.24) is 4.98 Å². The molecule has 2 aliphatic rings. The van der Waals surface area contributed by atoms with Crippen molar-refractivity contribution >= 4 is 11.3 Å². The molecule has 2 atom stereocenters. The number of nitrogens with zero attached hydrogens (tertiary/aromatic N) is 1.